The minimum absolute atomic E-state index is 0.0207. The first kappa shape index (κ1) is 15.0. The van der Waals surface area contributed by atoms with Crippen LogP contribution < -0.4 is 11.1 Å². The zero-order valence-corrected chi connectivity index (χ0v) is 11.3. The predicted octanol–water partition coefficient (Wildman–Crippen LogP) is 1.36. The van der Waals surface area contributed by atoms with E-state index < -0.39 is 5.92 Å². The summed E-state index contributed by atoms with van der Waals surface area (Å²) in [5.41, 5.74) is 6.70. The lowest BCUT2D eigenvalue weighted by molar-refractivity contribution is -0.124. The first-order chi connectivity index (χ1) is 9.06. The largest absolute Gasteiger partial charge is 0.409 e. The molecule has 1 rings (SSSR count). The SMILES string of the molecule is CC(C)C(C(=O)NCCc1ccccc1)C(N)=NO. The number of amidine groups is 1. The molecule has 0 aliphatic heterocycles. The molecule has 1 unspecified atom stereocenters. The Morgan fingerprint density at radius 1 is 1.37 bits per heavy atom. The van der Waals surface area contributed by atoms with Crippen molar-refractivity contribution in [1.82, 2.24) is 5.32 Å². The second kappa shape index (κ2) is 7.41. The third-order valence-electron chi connectivity index (χ3n) is 2.94. The van der Waals surface area contributed by atoms with Crippen molar-refractivity contribution in [1.29, 1.82) is 0 Å². The van der Waals surface area contributed by atoms with E-state index in [0.717, 1.165) is 12.0 Å². The van der Waals surface area contributed by atoms with Gasteiger partial charge in [0.1, 0.15) is 5.92 Å². The van der Waals surface area contributed by atoms with Crippen LogP contribution in [0.5, 0.6) is 0 Å². The van der Waals surface area contributed by atoms with E-state index in [2.05, 4.69) is 10.5 Å². The highest BCUT2D eigenvalue weighted by atomic mass is 16.4. The van der Waals surface area contributed by atoms with Crippen molar-refractivity contribution in [2.75, 3.05) is 6.54 Å². The van der Waals surface area contributed by atoms with Crippen LogP contribution in [0, 0.1) is 11.8 Å². The van der Waals surface area contributed by atoms with Gasteiger partial charge in [-0.15, -0.1) is 0 Å². The lowest BCUT2D eigenvalue weighted by Crippen LogP contribution is -2.42. The van der Waals surface area contributed by atoms with Crippen LogP contribution in [0.15, 0.2) is 35.5 Å². The number of nitrogens with two attached hydrogens (primary N) is 1. The molecule has 104 valence electrons. The van der Waals surface area contributed by atoms with Crippen molar-refractivity contribution < 1.29 is 10.0 Å². The molecular weight excluding hydrogens is 242 g/mol. The summed E-state index contributed by atoms with van der Waals surface area (Å²) in [5.74, 6) is -0.873. The highest BCUT2D eigenvalue weighted by Crippen LogP contribution is 2.11. The fourth-order valence-corrected chi connectivity index (χ4v) is 1.93. The van der Waals surface area contributed by atoms with E-state index in [1.54, 1.807) is 0 Å². The maximum Gasteiger partial charge on any atom is 0.231 e. The molecule has 19 heavy (non-hydrogen) atoms. The van der Waals surface area contributed by atoms with Crippen molar-refractivity contribution in [3.63, 3.8) is 0 Å². The Morgan fingerprint density at radius 2 is 2.00 bits per heavy atom. The first-order valence-corrected chi connectivity index (χ1v) is 6.35. The number of carbonyl (C=O) groups is 1. The molecule has 0 saturated heterocycles. The Kier molecular flexibility index (Phi) is 5.85. The molecule has 4 N–H and O–H groups in total. The number of hydrogen-bond acceptors (Lipinski definition) is 3. The van der Waals surface area contributed by atoms with E-state index in [4.69, 9.17) is 10.9 Å². The quantitative estimate of drug-likeness (QED) is 0.313. The molecule has 1 atom stereocenters. The van der Waals surface area contributed by atoms with E-state index in [-0.39, 0.29) is 17.7 Å². The van der Waals surface area contributed by atoms with Gasteiger partial charge in [-0.1, -0.05) is 49.3 Å². The molecule has 0 aromatic heterocycles. The number of rotatable bonds is 6. The Hall–Kier alpha value is -2.04. The van der Waals surface area contributed by atoms with Gasteiger partial charge in [-0.05, 0) is 17.9 Å². The Balaban J connectivity index is 2.50. The van der Waals surface area contributed by atoms with Crippen LogP contribution in [-0.2, 0) is 11.2 Å². The van der Waals surface area contributed by atoms with Gasteiger partial charge >= 0.3 is 0 Å². The number of amides is 1. The zero-order valence-electron chi connectivity index (χ0n) is 11.3. The summed E-state index contributed by atoms with van der Waals surface area (Å²) in [6, 6.07) is 9.90. The van der Waals surface area contributed by atoms with Crippen molar-refractivity contribution in [3.05, 3.63) is 35.9 Å². The van der Waals surface area contributed by atoms with Gasteiger partial charge in [0, 0.05) is 6.54 Å². The van der Waals surface area contributed by atoms with Gasteiger partial charge < -0.3 is 16.3 Å². The second-order valence-corrected chi connectivity index (χ2v) is 4.77. The second-order valence-electron chi connectivity index (χ2n) is 4.77. The summed E-state index contributed by atoms with van der Waals surface area (Å²) < 4.78 is 0. The minimum Gasteiger partial charge on any atom is -0.409 e. The fourth-order valence-electron chi connectivity index (χ4n) is 1.93. The van der Waals surface area contributed by atoms with Gasteiger partial charge in [-0.3, -0.25) is 4.79 Å². The van der Waals surface area contributed by atoms with Crippen molar-refractivity contribution in [3.8, 4) is 0 Å². The molecule has 1 aromatic rings. The molecule has 0 saturated carbocycles. The molecule has 0 aliphatic carbocycles. The standard InChI is InChI=1S/C14H21N3O2/c1-10(2)12(13(15)17-19)14(18)16-9-8-11-6-4-3-5-7-11/h3-7,10,12,19H,8-9H2,1-2H3,(H2,15,17)(H,16,18). The molecule has 5 heteroatoms. The normalized spacial score (nSPS) is 13.3. The number of nitrogens with one attached hydrogen (secondary N) is 1. The van der Waals surface area contributed by atoms with E-state index in [1.807, 2.05) is 44.2 Å². The lowest BCUT2D eigenvalue weighted by Gasteiger charge is -2.18. The average Bonchev–Trinajstić information content (AvgIpc) is 2.39. The maximum absolute atomic E-state index is 12.0. The third-order valence-corrected chi connectivity index (χ3v) is 2.94. The number of oxime groups is 1. The van der Waals surface area contributed by atoms with E-state index in [0.29, 0.717) is 6.54 Å². The third kappa shape index (κ3) is 4.62. The van der Waals surface area contributed by atoms with Gasteiger partial charge in [0.05, 0.1) is 0 Å². The van der Waals surface area contributed by atoms with Crippen molar-refractivity contribution >= 4 is 11.7 Å². The molecule has 0 spiro atoms. The summed E-state index contributed by atoms with van der Waals surface area (Å²) in [4.78, 5) is 12.0. The van der Waals surface area contributed by atoms with Crippen LogP contribution in [0.3, 0.4) is 0 Å². The maximum atomic E-state index is 12.0. The average molecular weight is 263 g/mol. The molecule has 0 heterocycles. The molecule has 0 fully saturated rings. The number of nitrogens with zero attached hydrogens (tertiary/aromatic N) is 1. The lowest BCUT2D eigenvalue weighted by atomic mass is 9.94. The number of carbonyl (C=O) groups excluding carboxylic acids is 1. The van der Waals surface area contributed by atoms with Crippen LogP contribution in [0.25, 0.3) is 0 Å². The topological polar surface area (TPSA) is 87.7 Å². The summed E-state index contributed by atoms with van der Waals surface area (Å²) in [5, 5.41) is 14.4. The fraction of sp³-hybridized carbons (Fsp3) is 0.429. The van der Waals surface area contributed by atoms with Crippen LogP contribution >= 0.6 is 0 Å². The number of benzene rings is 1. The Labute approximate surface area is 113 Å². The van der Waals surface area contributed by atoms with Crippen LogP contribution in [0.4, 0.5) is 0 Å². The van der Waals surface area contributed by atoms with Gasteiger partial charge in [0.2, 0.25) is 5.91 Å². The molecular formula is C14H21N3O2. The van der Waals surface area contributed by atoms with Gasteiger partial charge in [0.15, 0.2) is 5.84 Å². The molecule has 1 aromatic carbocycles. The van der Waals surface area contributed by atoms with Gasteiger partial charge in [-0.25, -0.2) is 0 Å². The molecule has 5 nitrogen and oxygen atoms in total. The highest BCUT2D eigenvalue weighted by Gasteiger charge is 2.26. The molecule has 0 radical (unpaired) electrons. The van der Waals surface area contributed by atoms with Crippen molar-refractivity contribution in [2.45, 2.75) is 20.3 Å². The minimum atomic E-state index is -0.597. The van der Waals surface area contributed by atoms with Gasteiger partial charge in [-0.2, -0.15) is 0 Å². The first-order valence-electron chi connectivity index (χ1n) is 6.35. The zero-order chi connectivity index (χ0) is 14.3. The van der Waals surface area contributed by atoms with E-state index in [1.165, 1.54) is 0 Å². The Bertz CT molecular complexity index is 430. The van der Waals surface area contributed by atoms with Crippen molar-refractivity contribution in [2.24, 2.45) is 22.7 Å². The van der Waals surface area contributed by atoms with E-state index >= 15 is 0 Å². The summed E-state index contributed by atoms with van der Waals surface area (Å²) in [6.07, 6.45) is 0.758. The molecule has 0 bridgehead atoms. The summed E-state index contributed by atoms with van der Waals surface area (Å²) >= 11 is 0. The molecule has 1 amide bonds. The van der Waals surface area contributed by atoms with Crippen LogP contribution in [0.1, 0.15) is 19.4 Å². The summed E-state index contributed by atoms with van der Waals surface area (Å²) in [6.45, 7) is 4.25. The smallest absolute Gasteiger partial charge is 0.231 e. The Morgan fingerprint density at radius 3 is 2.53 bits per heavy atom. The summed E-state index contributed by atoms with van der Waals surface area (Å²) in [7, 11) is 0. The van der Waals surface area contributed by atoms with Crippen LogP contribution in [0.2, 0.25) is 0 Å². The van der Waals surface area contributed by atoms with Crippen LogP contribution in [-0.4, -0.2) is 23.5 Å². The number of hydrogen-bond donors (Lipinski definition) is 3. The highest BCUT2D eigenvalue weighted by molar-refractivity contribution is 6.02. The van der Waals surface area contributed by atoms with E-state index in [9.17, 15) is 4.79 Å². The van der Waals surface area contributed by atoms with Gasteiger partial charge in [0.25, 0.3) is 0 Å². The molecule has 0 aliphatic rings. The predicted molar refractivity (Wildman–Crippen MR) is 74.9 cm³/mol. The monoisotopic (exact) mass is 263 g/mol.